The Morgan fingerprint density at radius 2 is 2.00 bits per heavy atom. The Balaban J connectivity index is 3.02. The van der Waals surface area contributed by atoms with Crippen molar-refractivity contribution in [3.63, 3.8) is 0 Å². The maximum atomic E-state index is 5.29. The first-order valence-corrected chi connectivity index (χ1v) is 4.81. The average Bonchev–Trinajstić information content (AvgIpc) is 2.09. The molecule has 0 saturated heterocycles. The van der Waals surface area contributed by atoms with Crippen molar-refractivity contribution in [1.29, 1.82) is 0 Å². The topological polar surface area (TPSA) is 30.5 Å². The molecule has 0 aliphatic heterocycles. The lowest BCUT2D eigenvalue weighted by Crippen LogP contribution is -2.24. The minimum atomic E-state index is -0.137. The number of rotatable bonds is 8. The summed E-state index contributed by atoms with van der Waals surface area (Å²) >= 11 is 0. The molecule has 1 N–H and O–H groups in total. The zero-order valence-corrected chi connectivity index (χ0v) is 8.43. The summed E-state index contributed by atoms with van der Waals surface area (Å²) < 4.78 is 5.29. The van der Waals surface area contributed by atoms with Gasteiger partial charge in [-0.05, 0) is 19.8 Å². The van der Waals surface area contributed by atoms with Crippen LogP contribution >= 0.6 is 0 Å². The fourth-order valence-corrected chi connectivity index (χ4v) is 0.743. The minimum absolute atomic E-state index is 0.137. The lowest BCUT2D eigenvalue weighted by Gasteiger charge is -2.13. The molecule has 0 aromatic heterocycles. The van der Waals surface area contributed by atoms with E-state index in [1.165, 1.54) is 6.42 Å². The van der Waals surface area contributed by atoms with Gasteiger partial charge in [0.1, 0.15) is 0 Å². The van der Waals surface area contributed by atoms with Crippen LogP contribution in [0.3, 0.4) is 0 Å². The Kier molecular flexibility index (Phi) is 8.88. The Morgan fingerprint density at radius 3 is 2.58 bits per heavy atom. The summed E-state index contributed by atoms with van der Waals surface area (Å²) in [5, 5.41) is 0. The van der Waals surface area contributed by atoms with Crippen molar-refractivity contribution in [1.82, 2.24) is 5.48 Å². The van der Waals surface area contributed by atoms with Gasteiger partial charge in [0.15, 0.2) is 6.29 Å². The van der Waals surface area contributed by atoms with E-state index >= 15 is 0 Å². The number of nitrogens with one attached hydrogen (secondary N) is 1. The highest BCUT2D eigenvalue weighted by molar-refractivity contribution is 4.35. The van der Waals surface area contributed by atoms with Gasteiger partial charge >= 0.3 is 0 Å². The van der Waals surface area contributed by atoms with Crippen LogP contribution in [0.2, 0.25) is 0 Å². The Hall–Kier alpha value is -0.120. The number of unbranched alkanes of at least 4 members (excludes halogenated alkanes) is 1. The number of hydrogen-bond donors (Lipinski definition) is 1. The van der Waals surface area contributed by atoms with Crippen LogP contribution < -0.4 is 5.48 Å². The Bertz CT molecular complexity index is 88.6. The van der Waals surface area contributed by atoms with Crippen molar-refractivity contribution in [3.05, 3.63) is 0 Å². The van der Waals surface area contributed by atoms with Gasteiger partial charge in [-0.25, -0.2) is 0 Å². The van der Waals surface area contributed by atoms with Crippen LogP contribution in [0.25, 0.3) is 0 Å². The molecule has 0 aliphatic rings. The van der Waals surface area contributed by atoms with Gasteiger partial charge in [-0.15, -0.1) is 0 Å². The zero-order chi connectivity index (χ0) is 9.23. The third kappa shape index (κ3) is 7.98. The lowest BCUT2D eigenvalue weighted by molar-refractivity contribution is -0.169. The van der Waals surface area contributed by atoms with Crippen LogP contribution in [-0.2, 0) is 9.57 Å². The van der Waals surface area contributed by atoms with Gasteiger partial charge in [0, 0.05) is 13.2 Å². The van der Waals surface area contributed by atoms with Gasteiger partial charge in [-0.3, -0.25) is 4.84 Å². The normalized spacial score (nSPS) is 13.2. The van der Waals surface area contributed by atoms with Crippen LogP contribution in [-0.4, -0.2) is 19.4 Å². The molecule has 0 heterocycles. The molecule has 0 aromatic carbocycles. The quantitative estimate of drug-likeness (QED) is 0.348. The summed E-state index contributed by atoms with van der Waals surface area (Å²) in [7, 11) is 0. The van der Waals surface area contributed by atoms with Crippen LogP contribution in [0.15, 0.2) is 0 Å². The largest absolute Gasteiger partial charge is 0.351 e. The first-order valence-electron chi connectivity index (χ1n) is 4.81. The number of hydroxylamine groups is 1. The standard InChI is InChI=1S/C9H21NO2/c1-4-6-7-10-12-9(3)11-8-5-2/h9-10H,4-8H2,1-3H3. The zero-order valence-electron chi connectivity index (χ0n) is 8.43. The van der Waals surface area contributed by atoms with E-state index in [4.69, 9.17) is 9.57 Å². The predicted molar refractivity (Wildman–Crippen MR) is 49.7 cm³/mol. The molecule has 0 radical (unpaired) electrons. The molecule has 12 heavy (non-hydrogen) atoms. The Labute approximate surface area is 75.4 Å². The first-order chi connectivity index (χ1) is 5.81. The molecule has 3 heteroatoms. The predicted octanol–water partition coefficient (Wildman–Crippen LogP) is 2.08. The molecule has 0 rings (SSSR count). The highest BCUT2D eigenvalue weighted by Crippen LogP contribution is 1.92. The molecule has 0 amide bonds. The van der Waals surface area contributed by atoms with E-state index in [1.54, 1.807) is 0 Å². The van der Waals surface area contributed by atoms with Crippen molar-refractivity contribution in [3.8, 4) is 0 Å². The third-order valence-corrected chi connectivity index (χ3v) is 1.44. The van der Waals surface area contributed by atoms with E-state index < -0.39 is 0 Å². The molecule has 0 bridgehead atoms. The average molecular weight is 175 g/mol. The van der Waals surface area contributed by atoms with Crippen molar-refractivity contribution in [2.45, 2.75) is 46.3 Å². The maximum absolute atomic E-state index is 5.29. The third-order valence-electron chi connectivity index (χ3n) is 1.44. The molecule has 1 unspecified atom stereocenters. The second kappa shape index (κ2) is 8.97. The van der Waals surface area contributed by atoms with Crippen molar-refractivity contribution in [2.75, 3.05) is 13.2 Å². The fraction of sp³-hybridized carbons (Fsp3) is 1.00. The summed E-state index contributed by atoms with van der Waals surface area (Å²) in [6.45, 7) is 7.79. The van der Waals surface area contributed by atoms with Gasteiger partial charge in [-0.2, -0.15) is 5.48 Å². The molecule has 0 saturated carbocycles. The summed E-state index contributed by atoms with van der Waals surface area (Å²) in [6.07, 6.45) is 3.21. The molecule has 74 valence electrons. The van der Waals surface area contributed by atoms with Gasteiger partial charge < -0.3 is 4.74 Å². The summed E-state index contributed by atoms with van der Waals surface area (Å²) in [6, 6.07) is 0. The summed E-state index contributed by atoms with van der Waals surface area (Å²) in [5.41, 5.74) is 2.87. The molecular weight excluding hydrogens is 154 g/mol. The molecule has 0 aromatic rings. The number of hydrogen-bond acceptors (Lipinski definition) is 3. The first kappa shape index (κ1) is 11.9. The molecular formula is C9H21NO2. The van der Waals surface area contributed by atoms with Crippen molar-refractivity contribution < 1.29 is 9.57 Å². The summed E-state index contributed by atoms with van der Waals surface area (Å²) in [4.78, 5) is 5.17. The van der Waals surface area contributed by atoms with Crippen LogP contribution in [0.1, 0.15) is 40.0 Å². The summed E-state index contributed by atoms with van der Waals surface area (Å²) in [5.74, 6) is 0. The monoisotopic (exact) mass is 175 g/mol. The molecule has 3 nitrogen and oxygen atoms in total. The van der Waals surface area contributed by atoms with Crippen molar-refractivity contribution >= 4 is 0 Å². The molecule has 0 spiro atoms. The lowest BCUT2D eigenvalue weighted by atomic mass is 10.3. The maximum Gasteiger partial charge on any atom is 0.174 e. The molecule has 0 fully saturated rings. The van der Waals surface area contributed by atoms with Gasteiger partial charge in [0.05, 0.1) is 0 Å². The highest BCUT2D eigenvalue weighted by Gasteiger charge is 1.99. The minimum Gasteiger partial charge on any atom is -0.351 e. The van der Waals surface area contributed by atoms with Gasteiger partial charge in [0.25, 0.3) is 0 Å². The van der Waals surface area contributed by atoms with E-state index in [0.717, 1.165) is 26.0 Å². The van der Waals surface area contributed by atoms with E-state index in [0.29, 0.717) is 0 Å². The van der Waals surface area contributed by atoms with Gasteiger partial charge in [-0.1, -0.05) is 20.3 Å². The van der Waals surface area contributed by atoms with Crippen LogP contribution in [0.5, 0.6) is 0 Å². The molecule has 1 atom stereocenters. The second-order valence-electron chi connectivity index (χ2n) is 2.80. The van der Waals surface area contributed by atoms with Crippen LogP contribution in [0.4, 0.5) is 0 Å². The van der Waals surface area contributed by atoms with E-state index in [9.17, 15) is 0 Å². The van der Waals surface area contributed by atoms with E-state index in [-0.39, 0.29) is 6.29 Å². The van der Waals surface area contributed by atoms with E-state index in [1.807, 2.05) is 6.92 Å². The van der Waals surface area contributed by atoms with Crippen molar-refractivity contribution in [2.24, 2.45) is 0 Å². The smallest absolute Gasteiger partial charge is 0.174 e. The number of ether oxygens (including phenoxy) is 1. The highest BCUT2D eigenvalue weighted by atomic mass is 16.8. The second-order valence-corrected chi connectivity index (χ2v) is 2.80. The van der Waals surface area contributed by atoms with Crippen LogP contribution in [0, 0.1) is 0 Å². The molecule has 0 aliphatic carbocycles. The Morgan fingerprint density at radius 1 is 1.25 bits per heavy atom. The van der Waals surface area contributed by atoms with Gasteiger partial charge in [0.2, 0.25) is 0 Å². The SMILES string of the molecule is CCCCNOC(C)OCCC. The fourth-order valence-electron chi connectivity index (χ4n) is 0.743. The van der Waals surface area contributed by atoms with E-state index in [2.05, 4.69) is 19.3 Å².